The van der Waals surface area contributed by atoms with E-state index in [4.69, 9.17) is 5.26 Å². The van der Waals surface area contributed by atoms with Crippen molar-refractivity contribution in [1.29, 1.82) is 5.26 Å². The van der Waals surface area contributed by atoms with Crippen LogP contribution in [0.3, 0.4) is 0 Å². The van der Waals surface area contributed by atoms with E-state index >= 15 is 0 Å². The second-order valence-corrected chi connectivity index (χ2v) is 6.01. The average molecular weight is 317 g/mol. The van der Waals surface area contributed by atoms with Crippen LogP contribution < -0.4 is 4.72 Å². The van der Waals surface area contributed by atoms with Gasteiger partial charge in [0.25, 0.3) is 5.91 Å². The van der Waals surface area contributed by atoms with Crippen molar-refractivity contribution in [2.75, 3.05) is 0 Å². The van der Waals surface area contributed by atoms with E-state index in [2.05, 4.69) is 9.68 Å². The summed E-state index contributed by atoms with van der Waals surface area (Å²) < 4.78 is 29.9. The second kappa shape index (κ2) is 6.69. The van der Waals surface area contributed by atoms with Crippen LogP contribution >= 0.6 is 0 Å². The van der Waals surface area contributed by atoms with Crippen LogP contribution in [0.5, 0.6) is 0 Å². The molecule has 0 fully saturated rings. The van der Waals surface area contributed by atoms with Gasteiger partial charge in [-0.25, -0.2) is 13.1 Å². The number of benzene rings is 1. The molecule has 112 valence electrons. The van der Waals surface area contributed by atoms with E-state index in [0.29, 0.717) is 11.1 Å². The molecule has 0 saturated carbocycles. The zero-order chi connectivity index (χ0) is 16.0. The van der Waals surface area contributed by atoms with Crippen LogP contribution in [0, 0.1) is 11.3 Å². The minimum atomic E-state index is -3.85. The number of sulfonamides is 1. The maximum Gasteiger partial charge on any atom is 0.257 e. The first-order valence-corrected chi connectivity index (χ1v) is 7.76. The lowest BCUT2D eigenvalue weighted by Gasteiger charge is -2.02. The number of hydrogen-bond donors (Lipinski definition) is 1. The van der Waals surface area contributed by atoms with Gasteiger partial charge in [0.1, 0.15) is 17.7 Å². The van der Waals surface area contributed by atoms with Gasteiger partial charge in [-0.2, -0.15) is 5.26 Å². The molecule has 1 aromatic heterocycles. The first kappa shape index (κ1) is 15.5. The molecule has 22 heavy (non-hydrogen) atoms. The third-order valence-corrected chi connectivity index (χ3v) is 3.72. The highest BCUT2D eigenvalue weighted by Crippen LogP contribution is 2.06. The van der Waals surface area contributed by atoms with Gasteiger partial charge in [0.15, 0.2) is 0 Å². The Morgan fingerprint density at radius 2 is 2.23 bits per heavy atom. The summed E-state index contributed by atoms with van der Waals surface area (Å²) in [5, 5.41) is 12.2. The fourth-order valence-corrected chi connectivity index (χ4v) is 2.60. The summed E-state index contributed by atoms with van der Waals surface area (Å²) in [5.41, 5.74) is 1.26. The predicted molar refractivity (Wildman–Crippen MR) is 77.5 cm³/mol. The van der Waals surface area contributed by atoms with Gasteiger partial charge in [0.2, 0.25) is 10.0 Å². The Morgan fingerprint density at radius 1 is 1.41 bits per heavy atom. The van der Waals surface area contributed by atoms with Crippen LogP contribution in [0.15, 0.2) is 47.2 Å². The Balaban J connectivity index is 2.00. The Hall–Kier alpha value is -2.92. The van der Waals surface area contributed by atoms with E-state index in [1.165, 1.54) is 18.4 Å². The minimum Gasteiger partial charge on any atom is -0.364 e. The van der Waals surface area contributed by atoms with Gasteiger partial charge in [-0.3, -0.25) is 4.79 Å². The molecule has 1 heterocycles. The molecule has 0 bridgehead atoms. The summed E-state index contributed by atoms with van der Waals surface area (Å²) in [7, 11) is -3.85. The van der Waals surface area contributed by atoms with Crippen LogP contribution in [-0.2, 0) is 20.6 Å². The molecular formula is C14H11N3O4S. The average Bonchev–Trinajstić information content (AvgIpc) is 2.97. The monoisotopic (exact) mass is 317 g/mol. The standard InChI is InChI=1S/C14H11N3O4S/c15-9-12-3-1-2-11(8-12)4-5-14(18)17-22(19,20)10-13-6-7-21-16-13/h1-8H,10H2,(H,17,18). The molecule has 0 unspecified atom stereocenters. The predicted octanol–water partition coefficient (Wildman–Crippen LogP) is 1.21. The molecule has 0 atom stereocenters. The number of nitriles is 1. The number of rotatable bonds is 5. The van der Waals surface area contributed by atoms with Gasteiger partial charge in [-0.1, -0.05) is 17.3 Å². The molecule has 2 rings (SSSR count). The van der Waals surface area contributed by atoms with Gasteiger partial charge in [0.05, 0.1) is 11.6 Å². The van der Waals surface area contributed by atoms with Crippen LogP contribution in [-0.4, -0.2) is 19.5 Å². The number of nitrogens with zero attached hydrogens (tertiary/aromatic N) is 2. The van der Waals surface area contributed by atoms with Gasteiger partial charge >= 0.3 is 0 Å². The molecule has 7 nitrogen and oxygen atoms in total. The zero-order valence-corrected chi connectivity index (χ0v) is 12.1. The summed E-state index contributed by atoms with van der Waals surface area (Å²) in [4.78, 5) is 11.6. The largest absolute Gasteiger partial charge is 0.364 e. The quantitative estimate of drug-likeness (QED) is 0.829. The number of amides is 1. The topological polar surface area (TPSA) is 113 Å². The normalized spacial score (nSPS) is 11.2. The smallest absolute Gasteiger partial charge is 0.257 e. The molecule has 1 N–H and O–H groups in total. The van der Waals surface area contributed by atoms with Crippen LogP contribution in [0.2, 0.25) is 0 Å². The van der Waals surface area contributed by atoms with E-state index < -0.39 is 21.7 Å². The molecule has 0 radical (unpaired) electrons. The lowest BCUT2D eigenvalue weighted by molar-refractivity contribution is -0.114. The summed E-state index contributed by atoms with van der Waals surface area (Å²) in [6, 6.07) is 9.92. The first-order chi connectivity index (χ1) is 10.5. The Kier molecular flexibility index (Phi) is 4.70. The Morgan fingerprint density at radius 3 is 2.91 bits per heavy atom. The number of hydrogen-bond acceptors (Lipinski definition) is 6. The number of carbonyl (C=O) groups is 1. The van der Waals surface area contributed by atoms with Gasteiger partial charge in [0, 0.05) is 12.1 Å². The molecule has 0 saturated heterocycles. The van der Waals surface area contributed by atoms with E-state index in [9.17, 15) is 13.2 Å². The third kappa shape index (κ3) is 4.57. The highest BCUT2D eigenvalue weighted by atomic mass is 32.2. The maximum atomic E-state index is 11.7. The molecule has 8 heteroatoms. The van der Waals surface area contributed by atoms with Gasteiger partial charge in [-0.15, -0.1) is 0 Å². The van der Waals surface area contributed by atoms with Crippen molar-refractivity contribution in [3.63, 3.8) is 0 Å². The van der Waals surface area contributed by atoms with Gasteiger partial charge < -0.3 is 4.52 Å². The minimum absolute atomic E-state index is 0.200. The maximum absolute atomic E-state index is 11.7. The summed E-state index contributed by atoms with van der Waals surface area (Å²) in [6.45, 7) is 0. The number of nitrogens with one attached hydrogen (secondary N) is 1. The highest BCUT2D eigenvalue weighted by molar-refractivity contribution is 7.89. The summed E-state index contributed by atoms with van der Waals surface area (Å²) in [5.74, 6) is -1.24. The van der Waals surface area contributed by atoms with Crippen molar-refractivity contribution < 1.29 is 17.7 Å². The lowest BCUT2D eigenvalue weighted by atomic mass is 10.1. The van der Waals surface area contributed by atoms with Crippen molar-refractivity contribution in [3.8, 4) is 6.07 Å². The molecule has 1 amide bonds. The number of aromatic nitrogens is 1. The van der Waals surface area contributed by atoms with E-state index in [-0.39, 0.29) is 5.69 Å². The first-order valence-electron chi connectivity index (χ1n) is 6.10. The van der Waals surface area contributed by atoms with Crippen molar-refractivity contribution in [3.05, 3.63) is 59.5 Å². The molecule has 0 spiro atoms. The summed E-state index contributed by atoms with van der Waals surface area (Å²) >= 11 is 0. The van der Waals surface area contributed by atoms with Crippen LogP contribution in [0.1, 0.15) is 16.8 Å². The van der Waals surface area contributed by atoms with Crippen molar-refractivity contribution in [2.45, 2.75) is 5.75 Å². The van der Waals surface area contributed by atoms with Crippen molar-refractivity contribution in [2.24, 2.45) is 0 Å². The molecule has 1 aromatic carbocycles. The molecular weight excluding hydrogens is 306 g/mol. The van der Waals surface area contributed by atoms with E-state index in [0.717, 1.165) is 6.08 Å². The van der Waals surface area contributed by atoms with Crippen LogP contribution in [0.4, 0.5) is 0 Å². The van der Waals surface area contributed by atoms with Gasteiger partial charge in [-0.05, 0) is 23.8 Å². The van der Waals surface area contributed by atoms with Crippen LogP contribution in [0.25, 0.3) is 6.08 Å². The fraction of sp³-hybridized carbons (Fsp3) is 0.0714. The summed E-state index contributed by atoms with van der Waals surface area (Å²) in [6.07, 6.45) is 3.74. The van der Waals surface area contributed by atoms with E-state index in [1.54, 1.807) is 24.3 Å². The zero-order valence-electron chi connectivity index (χ0n) is 11.3. The molecule has 0 aliphatic heterocycles. The second-order valence-electron chi connectivity index (χ2n) is 4.29. The highest BCUT2D eigenvalue weighted by Gasteiger charge is 2.15. The Bertz CT molecular complexity index is 833. The van der Waals surface area contributed by atoms with E-state index in [1.807, 2.05) is 10.8 Å². The fourth-order valence-electron chi connectivity index (χ4n) is 1.61. The number of carbonyl (C=O) groups excluding carboxylic acids is 1. The Labute approximate surface area is 126 Å². The molecule has 2 aromatic rings. The van der Waals surface area contributed by atoms with Crippen molar-refractivity contribution >= 4 is 22.0 Å². The van der Waals surface area contributed by atoms with Crippen molar-refractivity contribution in [1.82, 2.24) is 9.88 Å². The molecule has 0 aliphatic rings. The lowest BCUT2D eigenvalue weighted by Crippen LogP contribution is -2.30. The third-order valence-electron chi connectivity index (χ3n) is 2.53. The molecule has 0 aliphatic carbocycles. The SMILES string of the molecule is N#Cc1cccc(C=CC(=O)NS(=O)(=O)Cc2ccon2)c1.